The fourth-order valence-corrected chi connectivity index (χ4v) is 2.52. The fraction of sp³-hybridized carbons (Fsp3) is 0.143. The molecule has 26 heavy (non-hydrogen) atoms. The number of rotatable bonds is 6. The van der Waals surface area contributed by atoms with Gasteiger partial charge in [0.05, 0.1) is 12.2 Å². The normalized spacial score (nSPS) is 10.3. The van der Waals surface area contributed by atoms with E-state index in [1.807, 2.05) is 30.3 Å². The highest BCUT2D eigenvalue weighted by Crippen LogP contribution is 2.33. The molecule has 3 rings (SSSR count). The predicted octanol–water partition coefficient (Wildman–Crippen LogP) is 4.21. The number of carbonyl (C=O) groups is 1. The molecule has 0 saturated carbocycles. The Labute approximate surface area is 151 Å². The molecule has 5 nitrogen and oxygen atoms in total. The summed E-state index contributed by atoms with van der Waals surface area (Å²) in [6.45, 7) is 2.43. The molecule has 0 saturated heterocycles. The highest BCUT2D eigenvalue weighted by molar-refractivity contribution is 5.91. The van der Waals surface area contributed by atoms with Gasteiger partial charge in [-0.25, -0.2) is 4.79 Å². The van der Waals surface area contributed by atoms with E-state index in [1.165, 1.54) is 6.20 Å². The first kappa shape index (κ1) is 17.5. The summed E-state index contributed by atoms with van der Waals surface area (Å²) in [4.78, 5) is 16.1. The molecule has 1 aromatic heterocycles. The van der Waals surface area contributed by atoms with Crippen LogP contribution in [0.25, 0.3) is 11.1 Å². The average Bonchev–Trinajstić information content (AvgIpc) is 2.68. The second-order valence-electron chi connectivity index (χ2n) is 5.64. The zero-order valence-corrected chi connectivity index (χ0v) is 14.4. The van der Waals surface area contributed by atoms with Gasteiger partial charge in [-0.3, -0.25) is 4.98 Å². The van der Waals surface area contributed by atoms with Crippen molar-refractivity contribution in [2.24, 2.45) is 0 Å². The van der Waals surface area contributed by atoms with Crippen LogP contribution >= 0.6 is 0 Å². The first-order valence-corrected chi connectivity index (χ1v) is 8.29. The van der Waals surface area contributed by atoms with Crippen molar-refractivity contribution < 1.29 is 19.4 Å². The molecule has 0 spiro atoms. The van der Waals surface area contributed by atoms with Crippen LogP contribution in [0.2, 0.25) is 0 Å². The summed E-state index contributed by atoms with van der Waals surface area (Å²) in [5.74, 6) is 0.261. The number of benzene rings is 2. The third kappa shape index (κ3) is 4.19. The van der Waals surface area contributed by atoms with Crippen LogP contribution in [-0.2, 0) is 11.3 Å². The van der Waals surface area contributed by atoms with Gasteiger partial charge in [0.2, 0.25) is 0 Å². The number of pyridine rings is 1. The van der Waals surface area contributed by atoms with E-state index in [4.69, 9.17) is 9.47 Å². The molecule has 0 radical (unpaired) electrons. The SMILES string of the molecule is CCOC(=O)c1cncc(-c2cc(O)ccc2OCc2ccccc2)c1. The Kier molecular flexibility index (Phi) is 5.49. The quantitative estimate of drug-likeness (QED) is 0.675. The van der Waals surface area contributed by atoms with Gasteiger partial charge in [0, 0.05) is 23.5 Å². The molecule has 1 heterocycles. The Bertz CT molecular complexity index is 894. The lowest BCUT2D eigenvalue weighted by molar-refractivity contribution is 0.0526. The van der Waals surface area contributed by atoms with E-state index in [0.29, 0.717) is 35.7 Å². The number of hydrogen-bond acceptors (Lipinski definition) is 5. The molecular formula is C21H19NO4. The van der Waals surface area contributed by atoms with E-state index < -0.39 is 5.97 Å². The van der Waals surface area contributed by atoms with Crippen molar-refractivity contribution in [2.45, 2.75) is 13.5 Å². The van der Waals surface area contributed by atoms with Crippen molar-refractivity contribution in [3.05, 3.63) is 78.1 Å². The van der Waals surface area contributed by atoms with Crippen LogP contribution in [0.1, 0.15) is 22.8 Å². The van der Waals surface area contributed by atoms with Gasteiger partial charge in [-0.15, -0.1) is 0 Å². The molecule has 0 unspecified atom stereocenters. The number of nitrogens with zero attached hydrogens (tertiary/aromatic N) is 1. The highest BCUT2D eigenvalue weighted by atomic mass is 16.5. The van der Waals surface area contributed by atoms with Gasteiger partial charge in [0.15, 0.2) is 0 Å². The van der Waals surface area contributed by atoms with Crippen molar-refractivity contribution in [2.75, 3.05) is 6.61 Å². The second-order valence-corrected chi connectivity index (χ2v) is 5.64. The number of phenolic OH excluding ortho intramolecular Hbond substituents is 1. The standard InChI is InChI=1S/C21H19NO4/c1-2-25-21(24)17-10-16(12-22-13-17)19-11-18(23)8-9-20(19)26-14-15-6-4-3-5-7-15/h3-13,23H,2,14H2,1H3. The van der Waals surface area contributed by atoms with Gasteiger partial charge in [0.1, 0.15) is 18.1 Å². The van der Waals surface area contributed by atoms with Gasteiger partial charge >= 0.3 is 5.97 Å². The van der Waals surface area contributed by atoms with Gasteiger partial charge in [-0.2, -0.15) is 0 Å². The molecule has 3 aromatic rings. The summed E-state index contributed by atoms with van der Waals surface area (Å²) < 4.78 is 10.9. The molecule has 0 amide bonds. The van der Waals surface area contributed by atoms with Crippen LogP contribution in [0.4, 0.5) is 0 Å². The van der Waals surface area contributed by atoms with E-state index in [0.717, 1.165) is 5.56 Å². The van der Waals surface area contributed by atoms with Crippen LogP contribution < -0.4 is 4.74 Å². The summed E-state index contributed by atoms with van der Waals surface area (Å²) in [7, 11) is 0. The molecule has 0 fully saturated rings. The number of aromatic nitrogens is 1. The van der Waals surface area contributed by atoms with Gasteiger partial charge in [-0.1, -0.05) is 30.3 Å². The lowest BCUT2D eigenvalue weighted by Gasteiger charge is -2.13. The lowest BCUT2D eigenvalue weighted by Crippen LogP contribution is -2.05. The molecular weight excluding hydrogens is 330 g/mol. The number of carbonyl (C=O) groups excluding carboxylic acids is 1. The van der Waals surface area contributed by atoms with E-state index in [9.17, 15) is 9.90 Å². The van der Waals surface area contributed by atoms with E-state index in [2.05, 4.69) is 4.98 Å². The van der Waals surface area contributed by atoms with Crippen molar-refractivity contribution in [1.29, 1.82) is 0 Å². The molecule has 5 heteroatoms. The second kappa shape index (κ2) is 8.16. The molecule has 132 valence electrons. The monoisotopic (exact) mass is 349 g/mol. The minimum absolute atomic E-state index is 0.105. The number of ether oxygens (including phenoxy) is 2. The Morgan fingerprint density at radius 3 is 2.65 bits per heavy atom. The van der Waals surface area contributed by atoms with Gasteiger partial charge in [-0.05, 0) is 36.8 Å². The summed E-state index contributed by atoms with van der Waals surface area (Å²) >= 11 is 0. The maximum absolute atomic E-state index is 11.9. The maximum atomic E-state index is 11.9. The number of aromatic hydroxyl groups is 1. The predicted molar refractivity (Wildman–Crippen MR) is 98.1 cm³/mol. The van der Waals surface area contributed by atoms with E-state index >= 15 is 0 Å². The van der Waals surface area contributed by atoms with Crippen molar-refractivity contribution in [1.82, 2.24) is 4.98 Å². The van der Waals surface area contributed by atoms with Crippen LogP contribution in [0, 0.1) is 0 Å². The Balaban J connectivity index is 1.90. The lowest BCUT2D eigenvalue weighted by atomic mass is 10.0. The Morgan fingerprint density at radius 2 is 1.88 bits per heavy atom. The van der Waals surface area contributed by atoms with Crippen molar-refractivity contribution >= 4 is 5.97 Å². The van der Waals surface area contributed by atoms with Gasteiger partial charge < -0.3 is 14.6 Å². The first-order chi connectivity index (χ1) is 12.7. The molecule has 0 bridgehead atoms. The largest absolute Gasteiger partial charge is 0.508 e. The minimum atomic E-state index is -0.436. The summed E-state index contributed by atoms with van der Waals surface area (Å²) in [6.07, 6.45) is 3.07. The fourth-order valence-electron chi connectivity index (χ4n) is 2.52. The highest BCUT2D eigenvalue weighted by Gasteiger charge is 2.13. The van der Waals surface area contributed by atoms with Gasteiger partial charge in [0.25, 0.3) is 0 Å². The third-order valence-corrected chi connectivity index (χ3v) is 3.76. The molecule has 0 aliphatic carbocycles. The van der Waals surface area contributed by atoms with E-state index in [1.54, 1.807) is 37.4 Å². The average molecular weight is 349 g/mol. The zero-order valence-electron chi connectivity index (χ0n) is 14.4. The maximum Gasteiger partial charge on any atom is 0.339 e. The zero-order chi connectivity index (χ0) is 18.4. The number of hydrogen-bond donors (Lipinski definition) is 1. The minimum Gasteiger partial charge on any atom is -0.508 e. The number of esters is 1. The molecule has 0 aliphatic heterocycles. The van der Waals surface area contributed by atoms with Crippen LogP contribution in [0.3, 0.4) is 0 Å². The Morgan fingerprint density at radius 1 is 1.08 bits per heavy atom. The van der Waals surface area contributed by atoms with Crippen LogP contribution in [-0.4, -0.2) is 22.7 Å². The summed E-state index contributed by atoms with van der Waals surface area (Å²) in [5, 5.41) is 9.88. The molecule has 0 atom stereocenters. The van der Waals surface area contributed by atoms with Crippen LogP contribution in [0.15, 0.2) is 67.0 Å². The third-order valence-electron chi connectivity index (χ3n) is 3.76. The van der Waals surface area contributed by atoms with Crippen molar-refractivity contribution in [3.8, 4) is 22.6 Å². The van der Waals surface area contributed by atoms with Crippen LogP contribution in [0.5, 0.6) is 11.5 Å². The summed E-state index contributed by atoms with van der Waals surface area (Å²) in [5.41, 5.74) is 2.70. The topological polar surface area (TPSA) is 68.7 Å². The smallest absolute Gasteiger partial charge is 0.339 e. The summed E-state index contributed by atoms with van der Waals surface area (Å²) in [6, 6.07) is 16.3. The first-order valence-electron chi connectivity index (χ1n) is 8.29. The molecule has 0 aliphatic rings. The molecule has 2 aromatic carbocycles. The number of phenols is 1. The Hall–Kier alpha value is -3.34. The van der Waals surface area contributed by atoms with E-state index in [-0.39, 0.29) is 5.75 Å². The molecule has 1 N–H and O–H groups in total. The van der Waals surface area contributed by atoms with Crippen molar-refractivity contribution in [3.63, 3.8) is 0 Å².